The van der Waals surface area contributed by atoms with Crippen LogP contribution >= 0.6 is 0 Å². The molecule has 1 saturated heterocycles. The molecule has 1 atom stereocenters. The summed E-state index contributed by atoms with van der Waals surface area (Å²) in [4.78, 5) is 2.34. The maximum absolute atomic E-state index is 9.71. The SMILES string of the molecule is COCCCN1CCC(O)C1(C)C. The molecular formula is C10H21NO2. The second-order valence-electron chi connectivity index (χ2n) is 4.29. The summed E-state index contributed by atoms with van der Waals surface area (Å²) >= 11 is 0. The summed E-state index contributed by atoms with van der Waals surface area (Å²) in [6.45, 7) is 7.06. The quantitative estimate of drug-likeness (QED) is 0.663. The van der Waals surface area contributed by atoms with Crippen molar-refractivity contribution in [3.8, 4) is 0 Å². The van der Waals surface area contributed by atoms with Crippen LogP contribution in [-0.4, -0.2) is 48.5 Å². The maximum Gasteiger partial charge on any atom is 0.0730 e. The first kappa shape index (κ1) is 11.0. The van der Waals surface area contributed by atoms with Crippen LogP contribution in [-0.2, 0) is 4.74 Å². The van der Waals surface area contributed by atoms with Crippen LogP contribution in [0.15, 0.2) is 0 Å². The zero-order valence-corrected chi connectivity index (χ0v) is 8.92. The van der Waals surface area contributed by atoms with Crippen LogP contribution < -0.4 is 0 Å². The molecule has 1 aliphatic heterocycles. The zero-order valence-electron chi connectivity index (χ0n) is 8.92. The molecule has 78 valence electrons. The Hall–Kier alpha value is -0.120. The van der Waals surface area contributed by atoms with E-state index in [9.17, 15) is 5.11 Å². The Morgan fingerprint density at radius 3 is 2.69 bits per heavy atom. The van der Waals surface area contributed by atoms with Gasteiger partial charge in [-0.3, -0.25) is 4.90 Å². The van der Waals surface area contributed by atoms with Crippen molar-refractivity contribution in [1.29, 1.82) is 0 Å². The molecular weight excluding hydrogens is 166 g/mol. The molecule has 0 aromatic heterocycles. The minimum absolute atomic E-state index is 0.0479. The fourth-order valence-electron chi connectivity index (χ4n) is 1.93. The van der Waals surface area contributed by atoms with E-state index in [1.54, 1.807) is 7.11 Å². The molecule has 0 bridgehead atoms. The lowest BCUT2D eigenvalue weighted by Crippen LogP contribution is -2.45. The van der Waals surface area contributed by atoms with Crippen molar-refractivity contribution < 1.29 is 9.84 Å². The molecule has 0 aromatic rings. The summed E-state index contributed by atoms with van der Waals surface area (Å²) in [6, 6.07) is 0. The minimum atomic E-state index is -0.171. The number of aliphatic hydroxyl groups is 1. The van der Waals surface area contributed by atoms with Gasteiger partial charge in [0.05, 0.1) is 6.10 Å². The van der Waals surface area contributed by atoms with Crippen molar-refractivity contribution in [3.05, 3.63) is 0 Å². The molecule has 0 radical (unpaired) electrons. The van der Waals surface area contributed by atoms with E-state index in [1.165, 1.54) is 0 Å². The first-order chi connectivity index (χ1) is 6.09. The summed E-state index contributed by atoms with van der Waals surface area (Å²) in [5.74, 6) is 0. The van der Waals surface area contributed by atoms with E-state index in [0.29, 0.717) is 0 Å². The van der Waals surface area contributed by atoms with Gasteiger partial charge in [0.2, 0.25) is 0 Å². The lowest BCUT2D eigenvalue weighted by Gasteiger charge is -2.33. The fourth-order valence-corrected chi connectivity index (χ4v) is 1.93. The van der Waals surface area contributed by atoms with Crippen molar-refractivity contribution in [2.75, 3.05) is 26.8 Å². The molecule has 0 spiro atoms. The lowest BCUT2D eigenvalue weighted by atomic mass is 9.99. The molecule has 1 unspecified atom stereocenters. The van der Waals surface area contributed by atoms with Gasteiger partial charge in [-0.05, 0) is 26.7 Å². The second-order valence-corrected chi connectivity index (χ2v) is 4.29. The lowest BCUT2D eigenvalue weighted by molar-refractivity contribution is 0.0497. The van der Waals surface area contributed by atoms with Gasteiger partial charge >= 0.3 is 0 Å². The fraction of sp³-hybridized carbons (Fsp3) is 1.00. The highest BCUT2D eigenvalue weighted by molar-refractivity contribution is 4.95. The molecule has 0 amide bonds. The molecule has 3 heteroatoms. The molecule has 0 saturated carbocycles. The zero-order chi connectivity index (χ0) is 9.90. The number of likely N-dealkylation sites (tertiary alicyclic amines) is 1. The highest BCUT2D eigenvalue weighted by atomic mass is 16.5. The highest BCUT2D eigenvalue weighted by Gasteiger charge is 2.39. The Bertz CT molecular complexity index is 159. The molecule has 13 heavy (non-hydrogen) atoms. The van der Waals surface area contributed by atoms with Crippen molar-refractivity contribution in [2.24, 2.45) is 0 Å². The van der Waals surface area contributed by atoms with Crippen LogP contribution in [0.25, 0.3) is 0 Å². The van der Waals surface area contributed by atoms with Gasteiger partial charge in [0.1, 0.15) is 0 Å². The van der Waals surface area contributed by atoms with Crippen molar-refractivity contribution in [1.82, 2.24) is 4.90 Å². The Labute approximate surface area is 80.7 Å². The number of aliphatic hydroxyl groups excluding tert-OH is 1. The average molecular weight is 187 g/mol. The molecule has 1 rings (SSSR count). The van der Waals surface area contributed by atoms with Crippen LogP contribution in [0.2, 0.25) is 0 Å². The Morgan fingerprint density at radius 1 is 1.54 bits per heavy atom. The minimum Gasteiger partial charge on any atom is -0.391 e. The van der Waals surface area contributed by atoms with E-state index < -0.39 is 0 Å². The third-order valence-corrected chi connectivity index (χ3v) is 3.08. The molecule has 0 aromatic carbocycles. The summed E-state index contributed by atoms with van der Waals surface area (Å²) < 4.78 is 5.01. The first-order valence-electron chi connectivity index (χ1n) is 5.01. The van der Waals surface area contributed by atoms with E-state index in [4.69, 9.17) is 4.74 Å². The maximum atomic E-state index is 9.71. The van der Waals surface area contributed by atoms with E-state index in [-0.39, 0.29) is 11.6 Å². The highest BCUT2D eigenvalue weighted by Crippen LogP contribution is 2.28. The first-order valence-corrected chi connectivity index (χ1v) is 5.01. The van der Waals surface area contributed by atoms with Gasteiger partial charge in [-0.1, -0.05) is 0 Å². The predicted octanol–water partition coefficient (Wildman–Crippen LogP) is 0.868. The van der Waals surface area contributed by atoms with Gasteiger partial charge in [-0.15, -0.1) is 0 Å². The van der Waals surface area contributed by atoms with Gasteiger partial charge in [0, 0.05) is 32.3 Å². The van der Waals surface area contributed by atoms with Crippen LogP contribution in [0.3, 0.4) is 0 Å². The summed E-state index contributed by atoms with van der Waals surface area (Å²) in [7, 11) is 1.73. The smallest absolute Gasteiger partial charge is 0.0730 e. The average Bonchev–Trinajstić information content (AvgIpc) is 2.32. The third kappa shape index (κ3) is 2.42. The van der Waals surface area contributed by atoms with Crippen molar-refractivity contribution >= 4 is 0 Å². The van der Waals surface area contributed by atoms with Gasteiger partial charge in [0.25, 0.3) is 0 Å². The van der Waals surface area contributed by atoms with Gasteiger partial charge in [-0.25, -0.2) is 0 Å². The van der Waals surface area contributed by atoms with E-state index >= 15 is 0 Å². The molecule has 1 heterocycles. The van der Waals surface area contributed by atoms with Crippen LogP contribution in [0.5, 0.6) is 0 Å². The van der Waals surface area contributed by atoms with E-state index in [2.05, 4.69) is 18.7 Å². The van der Waals surface area contributed by atoms with Crippen LogP contribution in [0, 0.1) is 0 Å². The molecule has 3 nitrogen and oxygen atoms in total. The van der Waals surface area contributed by atoms with E-state index in [1.807, 2.05) is 0 Å². The Balaban J connectivity index is 2.34. The summed E-state index contributed by atoms with van der Waals surface area (Å²) in [5.41, 5.74) is -0.0479. The van der Waals surface area contributed by atoms with Crippen LogP contribution in [0.4, 0.5) is 0 Å². The molecule has 1 fully saturated rings. The van der Waals surface area contributed by atoms with Gasteiger partial charge in [-0.2, -0.15) is 0 Å². The predicted molar refractivity (Wildman–Crippen MR) is 52.8 cm³/mol. The number of hydrogen-bond donors (Lipinski definition) is 1. The number of nitrogens with zero attached hydrogens (tertiary/aromatic N) is 1. The molecule has 0 aliphatic carbocycles. The molecule has 1 aliphatic rings. The number of methoxy groups -OCH3 is 1. The second kappa shape index (κ2) is 4.40. The Kier molecular flexibility index (Phi) is 3.71. The van der Waals surface area contributed by atoms with Crippen molar-refractivity contribution in [2.45, 2.75) is 38.3 Å². The van der Waals surface area contributed by atoms with Crippen molar-refractivity contribution in [3.63, 3.8) is 0 Å². The monoisotopic (exact) mass is 187 g/mol. The third-order valence-electron chi connectivity index (χ3n) is 3.08. The number of ether oxygens (including phenoxy) is 1. The summed E-state index contributed by atoms with van der Waals surface area (Å²) in [5, 5.41) is 9.71. The topological polar surface area (TPSA) is 32.7 Å². The standard InChI is InChI=1S/C10H21NO2/c1-10(2)9(12)5-7-11(10)6-4-8-13-3/h9,12H,4-8H2,1-3H3. The number of rotatable bonds is 4. The van der Waals surface area contributed by atoms with E-state index in [0.717, 1.165) is 32.5 Å². The normalized spacial score (nSPS) is 28.2. The largest absolute Gasteiger partial charge is 0.391 e. The van der Waals surface area contributed by atoms with Gasteiger partial charge in [0.15, 0.2) is 0 Å². The summed E-state index contributed by atoms with van der Waals surface area (Å²) in [6.07, 6.45) is 1.78. The Morgan fingerprint density at radius 2 is 2.23 bits per heavy atom. The van der Waals surface area contributed by atoms with Crippen LogP contribution in [0.1, 0.15) is 26.7 Å². The van der Waals surface area contributed by atoms with Gasteiger partial charge < -0.3 is 9.84 Å². The molecule has 1 N–H and O–H groups in total. The number of hydrogen-bond acceptors (Lipinski definition) is 3.